The van der Waals surface area contributed by atoms with Crippen molar-refractivity contribution in [1.82, 2.24) is 0 Å². The largest absolute Gasteiger partial charge is 0.300 e. The summed E-state index contributed by atoms with van der Waals surface area (Å²) >= 11 is 0. The Labute approximate surface area is 80.9 Å². The Morgan fingerprint density at radius 3 is 2.46 bits per heavy atom. The molecule has 0 radical (unpaired) electrons. The highest BCUT2D eigenvalue weighted by Crippen LogP contribution is 2.18. The van der Waals surface area contributed by atoms with Crippen LogP contribution in [-0.2, 0) is 4.79 Å². The van der Waals surface area contributed by atoms with Gasteiger partial charge < -0.3 is 4.79 Å². The fourth-order valence-corrected chi connectivity index (χ4v) is 1.69. The summed E-state index contributed by atoms with van der Waals surface area (Å²) in [6, 6.07) is 2.15. The first-order valence-corrected chi connectivity index (χ1v) is 4.92. The second-order valence-electron chi connectivity index (χ2n) is 4.05. The zero-order chi connectivity index (χ0) is 10.3. The van der Waals surface area contributed by atoms with E-state index in [9.17, 15) is 4.79 Å². The van der Waals surface area contributed by atoms with Crippen LogP contribution < -0.4 is 0 Å². The molecule has 0 saturated heterocycles. The number of hydrogen-bond acceptors (Lipinski definition) is 2. The molecule has 0 amide bonds. The molecule has 0 unspecified atom stereocenters. The average molecular weight is 181 g/mol. The molecule has 0 saturated carbocycles. The minimum atomic E-state index is 0.264. The summed E-state index contributed by atoms with van der Waals surface area (Å²) in [7, 11) is 0. The minimum absolute atomic E-state index is 0.264. The van der Waals surface area contributed by atoms with Crippen LogP contribution in [0.25, 0.3) is 0 Å². The Kier molecular flexibility index (Phi) is 6.22. The molecule has 0 rings (SSSR count). The summed E-state index contributed by atoms with van der Waals surface area (Å²) < 4.78 is 0. The van der Waals surface area contributed by atoms with Crippen LogP contribution in [-0.4, -0.2) is 5.78 Å². The van der Waals surface area contributed by atoms with Crippen LogP contribution in [0.5, 0.6) is 0 Å². The van der Waals surface area contributed by atoms with Crippen LogP contribution in [0.1, 0.15) is 46.5 Å². The summed E-state index contributed by atoms with van der Waals surface area (Å²) in [5.41, 5.74) is 0. The second kappa shape index (κ2) is 6.65. The van der Waals surface area contributed by atoms with Gasteiger partial charge in [-0.1, -0.05) is 13.8 Å². The van der Waals surface area contributed by atoms with Crippen LogP contribution in [0.2, 0.25) is 0 Å². The predicted octanol–water partition coefficient (Wildman–Crippen LogP) is 2.93. The summed E-state index contributed by atoms with van der Waals surface area (Å²) in [5, 5.41) is 8.39. The fourth-order valence-electron chi connectivity index (χ4n) is 1.69. The Morgan fingerprint density at radius 1 is 1.38 bits per heavy atom. The van der Waals surface area contributed by atoms with Gasteiger partial charge in [0.1, 0.15) is 5.78 Å². The van der Waals surface area contributed by atoms with Crippen molar-refractivity contribution in [2.24, 2.45) is 11.8 Å². The van der Waals surface area contributed by atoms with E-state index < -0.39 is 0 Å². The quantitative estimate of drug-likeness (QED) is 0.632. The zero-order valence-corrected chi connectivity index (χ0v) is 8.84. The van der Waals surface area contributed by atoms with Crippen LogP contribution in [0.3, 0.4) is 0 Å². The van der Waals surface area contributed by atoms with E-state index in [1.807, 2.05) is 0 Å². The molecule has 0 bridgehead atoms. The molecule has 13 heavy (non-hydrogen) atoms. The van der Waals surface area contributed by atoms with Crippen LogP contribution >= 0.6 is 0 Å². The lowest BCUT2D eigenvalue weighted by Crippen LogP contribution is -2.06. The molecule has 0 N–H and O–H groups in total. The third-order valence-corrected chi connectivity index (χ3v) is 2.19. The molecule has 0 aromatic rings. The smallest absolute Gasteiger partial charge is 0.130 e. The van der Waals surface area contributed by atoms with Gasteiger partial charge in [0, 0.05) is 12.8 Å². The maximum absolute atomic E-state index is 10.8. The van der Waals surface area contributed by atoms with E-state index in [-0.39, 0.29) is 5.78 Å². The number of carbonyl (C=O) groups excluding carboxylic acids is 1. The topological polar surface area (TPSA) is 40.9 Å². The van der Waals surface area contributed by atoms with Crippen molar-refractivity contribution in [2.75, 3.05) is 0 Å². The molecule has 0 aliphatic heterocycles. The van der Waals surface area contributed by atoms with Gasteiger partial charge in [-0.15, -0.1) is 0 Å². The third-order valence-electron chi connectivity index (χ3n) is 2.19. The molecular formula is C11H19NO. The summed E-state index contributed by atoms with van der Waals surface area (Å²) in [6.45, 7) is 5.88. The Balaban J connectivity index is 3.59. The molecular weight excluding hydrogens is 162 g/mol. The van der Waals surface area contributed by atoms with Gasteiger partial charge in [0.05, 0.1) is 6.07 Å². The SMILES string of the molecule is CC(=O)C[C@H](C)C[C@H](C)CCC#N. The fraction of sp³-hybridized carbons (Fsp3) is 0.818. The Bertz CT molecular complexity index is 193. The molecule has 0 heterocycles. The van der Waals surface area contributed by atoms with E-state index in [4.69, 9.17) is 5.26 Å². The van der Waals surface area contributed by atoms with E-state index in [1.54, 1.807) is 6.92 Å². The van der Waals surface area contributed by atoms with Crippen molar-refractivity contribution in [3.8, 4) is 6.07 Å². The first-order valence-electron chi connectivity index (χ1n) is 4.92. The molecule has 0 aliphatic carbocycles. The highest BCUT2D eigenvalue weighted by atomic mass is 16.1. The Morgan fingerprint density at radius 2 is 2.00 bits per heavy atom. The summed E-state index contributed by atoms with van der Waals surface area (Å²) in [6.07, 6.45) is 3.32. The number of hydrogen-bond donors (Lipinski definition) is 0. The van der Waals surface area contributed by atoms with E-state index >= 15 is 0 Å². The first-order chi connectivity index (χ1) is 6.06. The van der Waals surface area contributed by atoms with Gasteiger partial charge in [0.25, 0.3) is 0 Å². The lowest BCUT2D eigenvalue weighted by Gasteiger charge is -2.14. The molecule has 2 atom stereocenters. The van der Waals surface area contributed by atoms with Gasteiger partial charge in [-0.3, -0.25) is 0 Å². The molecule has 2 nitrogen and oxygen atoms in total. The van der Waals surface area contributed by atoms with Gasteiger partial charge in [0.15, 0.2) is 0 Å². The predicted molar refractivity (Wildman–Crippen MR) is 53.1 cm³/mol. The average Bonchev–Trinajstić information content (AvgIpc) is 1.98. The molecule has 74 valence electrons. The molecule has 0 aromatic carbocycles. The normalized spacial score (nSPS) is 14.6. The molecule has 0 aromatic heterocycles. The maximum Gasteiger partial charge on any atom is 0.130 e. The van der Waals surface area contributed by atoms with E-state index in [0.717, 1.165) is 12.8 Å². The molecule has 0 fully saturated rings. The van der Waals surface area contributed by atoms with Crippen molar-refractivity contribution in [2.45, 2.75) is 46.5 Å². The molecule has 0 spiro atoms. The van der Waals surface area contributed by atoms with Crippen molar-refractivity contribution in [1.29, 1.82) is 5.26 Å². The third kappa shape index (κ3) is 7.52. The number of Topliss-reactive ketones (excluding diaryl/α,β-unsaturated/α-hetero) is 1. The lowest BCUT2D eigenvalue weighted by atomic mass is 9.91. The van der Waals surface area contributed by atoms with Crippen molar-refractivity contribution < 1.29 is 4.79 Å². The number of rotatable bonds is 6. The maximum atomic E-state index is 10.8. The number of nitriles is 1. The van der Waals surface area contributed by atoms with E-state index in [1.165, 1.54) is 0 Å². The molecule has 2 heteroatoms. The van der Waals surface area contributed by atoms with Crippen LogP contribution in [0.4, 0.5) is 0 Å². The van der Waals surface area contributed by atoms with E-state index in [0.29, 0.717) is 24.7 Å². The van der Waals surface area contributed by atoms with Crippen molar-refractivity contribution in [3.05, 3.63) is 0 Å². The lowest BCUT2D eigenvalue weighted by molar-refractivity contribution is -0.117. The van der Waals surface area contributed by atoms with Crippen molar-refractivity contribution in [3.63, 3.8) is 0 Å². The van der Waals surface area contributed by atoms with Crippen LogP contribution in [0.15, 0.2) is 0 Å². The van der Waals surface area contributed by atoms with Gasteiger partial charge >= 0.3 is 0 Å². The second-order valence-corrected chi connectivity index (χ2v) is 4.05. The standard InChI is InChI=1S/C11H19NO/c1-9(5-4-6-12)7-10(2)8-11(3)13/h9-10H,4-5,7-8H2,1-3H3/t9-,10-/m1/s1. The van der Waals surface area contributed by atoms with Gasteiger partial charge in [-0.2, -0.15) is 5.26 Å². The van der Waals surface area contributed by atoms with Gasteiger partial charge in [0.2, 0.25) is 0 Å². The monoisotopic (exact) mass is 181 g/mol. The number of ketones is 1. The van der Waals surface area contributed by atoms with Crippen LogP contribution in [0, 0.1) is 23.2 Å². The number of carbonyl (C=O) groups is 1. The van der Waals surface area contributed by atoms with Gasteiger partial charge in [-0.25, -0.2) is 0 Å². The summed E-state index contributed by atoms with van der Waals surface area (Å²) in [4.78, 5) is 10.8. The van der Waals surface area contributed by atoms with E-state index in [2.05, 4.69) is 19.9 Å². The minimum Gasteiger partial charge on any atom is -0.300 e. The summed E-state index contributed by atoms with van der Waals surface area (Å²) in [5.74, 6) is 1.29. The zero-order valence-electron chi connectivity index (χ0n) is 8.84. The molecule has 0 aliphatic rings. The van der Waals surface area contributed by atoms with Gasteiger partial charge in [-0.05, 0) is 31.6 Å². The number of nitrogens with zero attached hydrogens (tertiary/aromatic N) is 1. The first kappa shape index (κ1) is 12.2. The highest BCUT2D eigenvalue weighted by molar-refractivity contribution is 5.75. The highest BCUT2D eigenvalue weighted by Gasteiger charge is 2.10. The van der Waals surface area contributed by atoms with Crippen molar-refractivity contribution >= 4 is 5.78 Å². The Hall–Kier alpha value is -0.840.